The minimum Gasteiger partial charge on any atom is -0.497 e. The Morgan fingerprint density at radius 1 is 1.27 bits per heavy atom. The van der Waals surface area contributed by atoms with Crippen molar-refractivity contribution in [3.05, 3.63) is 24.5 Å². The minimum atomic E-state index is -0.00482. The highest BCUT2D eigenvalue weighted by Gasteiger charge is 2.16. The molecule has 0 spiro atoms. The van der Waals surface area contributed by atoms with E-state index in [1.54, 1.807) is 7.11 Å². The molecule has 3 aromatic rings. The first-order valence-electron chi connectivity index (χ1n) is 7.47. The average molecular weight is 366 g/mol. The number of thiazole rings is 1. The molecule has 1 aromatic carbocycles. The van der Waals surface area contributed by atoms with Crippen molar-refractivity contribution in [3.8, 4) is 17.9 Å². The van der Waals surface area contributed by atoms with Crippen LogP contribution in [0.1, 0.15) is 0 Å². The Morgan fingerprint density at radius 3 is 2.73 bits per heavy atom. The first-order chi connectivity index (χ1) is 12.7. The molecule has 0 aliphatic heterocycles. The molecule has 3 N–H and O–H groups in total. The van der Waals surface area contributed by atoms with Gasteiger partial charge < -0.3 is 20.7 Å². The van der Waals surface area contributed by atoms with Crippen molar-refractivity contribution in [3.63, 3.8) is 0 Å². The SMILES string of the molecule is COc1ccc2nc(Nc3ncnc(N(CC#N)CC#N)c3N)sc2c1. The zero-order chi connectivity index (χ0) is 18.5. The molecule has 2 heterocycles. The van der Waals surface area contributed by atoms with E-state index in [-0.39, 0.29) is 18.8 Å². The molecule has 130 valence electrons. The van der Waals surface area contributed by atoms with Crippen LogP contribution in [0.4, 0.5) is 22.5 Å². The number of aromatic nitrogens is 3. The van der Waals surface area contributed by atoms with Gasteiger partial charge in [0.2, 0.25) is 0 Å². The summed E-state index contributed by atoms with van der Waals surface area (Å²) in [6.07, 6.45) is 1.33. The van der Waals surface area contributed by atoms with E-state index in [1.165, 1.54) is 22.6 Å². The van der Waals surface area contributed by atoms with Crippen molar-refractivity contribution >= 4 is 44.0 Å². The third-order valence-corrected chi connectivity index (χ3v) is 4.44. The van der Waals surface area contributed by atoms with E-state index in [4.69, 9.17) is 21.0 Å². The highest BCUT2D eigenvalue weighted by Crippen LogP contribution is 2.33. The first-order valence-corrected chi connectivity index (χ1v) is 8.29. The number of anilines is 4. The Labute approximate surface area is 153 Å². The number of nitrogens with two attached hydrogens (primary N) is 1. The minimum absolute atomic E-state index is 0.00482. The number of benzene rings is 1. The maximum Gasteiger partial charge on any atom is 0.189 e. The summed E-state index contributed by atoms with van der Waals surface area (Å²) in [7, 11) is 1.61. The van der Waals surface area contributed by atoms with Crippen LogP contribution in [0.5, 0.6) is 5.75 Å². The molecule has 0 radical (unpaired) electrons. The van der Waals surface area contributed by atoms with Gasteiger partial charge in [-0.2, -0.15) is 10.5 Å². The summed E-state index contributed by atoms with van der Waals surface area (Å²) in [6, 6.07) is 9.59. The Hall–Kier alpha value is -3.63. The molecule has 0 aliphatic rings. The van der Waals surface area contributed by atoms with Gasteiger partial charge in [0.15, 0.2) is 16.8 Å². The zero-order valence-corrected chi connectivity index (χ0v) is 14.6. The first kappa shape index (κ1) is 17.2. The Morgan fingerprint density at radius 2 is 2.04 bits per heavy atom. The molecule has 0 saturated heterocycles. The van der Waals surface area contributed by atoms with Crippen LogP contribution in [0.25, 0.3) is 10.2 Å². The second-order valence-electron chi connectivity index (χ2n) is 5.11. The molecule has 0 bridgehead atoms. The summed E-state index contributed by atoms with van der Waals surface area (Å²) >= 11 is 1.43. The largest absolute Gasteiger partial charge is 0.497 e. The van der Waals surface area contributed by atoms with E-state index in [0.29, 0.717) is 16.8 Å². The van der Waals surface area contributed by atoms with Gasteiger partial charge in [0.05, 0.1) is 29.5 Å². The number of ether oxygens (including phenoxy) is 1. The van der Waals surface area contributed by atoms with Crippen LogP contribution in [0, 0.1) is 22.7 Å². The molecule has 0 saturated carbocycles. The van der Waals surface area contributed by atoms with Gasteiger partial charge >= 0.3 is 0 Å². The van der Waals surface area contributed by atoms with Crippen LogP contribution < -0.4 is 20.7 Å². The topological polar surface area (TPSA) is 137 Å². The Balaban J connectivity index is 1.92. The lowest BCUT2D eigenvalue weighted by molar-refractivity contribution is 0.415. The lowest BCUT2D eigenvalue weighted by Gasteiger charge is -2.19. The molecule has 0 amide bonds. The zero-order valence-electron chi connectivity index (χ0n) is 13.8. The van der Waals surface area contributed by atoms with Crippen molar-refractivity contribution in [1.82, 2.24) is 15.0 Å². The van der Waals surface area contributed by atoms with Crippen LogP contribution in [-0.4, -0.2) is 35.2 Å². The smallest absolute Gasteiger partial charge is 0.189 e. The molecule has 0 fully saturated rings. The fourth-order valence-electron chi connectivity index (χ4n) is 2.30. The van der Waals surface area contributed by atoms with Crippen LogP contribution in [0.3, 0.4) is 0 Å². The lowest BCUT2D eigenvalue weighted by Crippen LogP contribution is -2.26. The van der Waals surface area contributed by atoms with Gasteiger partial charge in [0.25, 0.3) is 0 Å². The van der Waals surface area contributed by atoms with Crippen LogP contribution in [-0.2, 0) is 0 Å². The third-order valence-electron chi connectivity index (χ3n) is 3.51. The second-order valence-corrected chi connectivity index (χ2v) is 6.14. The van der Waals surface area contributed by atoms with Crippen molar-refractivity contribution in [1.29, 1.82) is 10.5 Å². The highest BCUT2D eigenvalue weighted by molar-refractivity contribution is 7.22. The van der Waals surface area contributed by atoms with Gasteiger partial charge in [-0.15, -0.1) is 0 Å². The summed E-state index contributed by atoms with van der Waals surface area (Å²) < 4.78 is 6.17. The predicted molar refractivity (Wildman–Crippen MR) is 99.3 cm³/mol. The van der Waals surface area contributed by atoms with Crippen LogP contribution in [0.2, 0.25) is 0 Å². The van der Waals surface area contributed by atoms with E-state index in [1.807, 2.05) is 30.3 Å². The summed E-state index contributed by atoms with van der Waals surface area (Å²) in [5.41, 5.74) is 7.21. The van der Waals surface area contributed by atoms with Gasteiger partial charge in [-0.1, -0.05) is 11.3 Å². The maximum absolute atomic E-state index is 8.92. The molecule has 3 rings (SSSR count). The van der Waals surface area contributed by atoms with Gasteiger partial charge in [-0.3, -0.25) is 0 Å². The van der Waals surface area contributed by atoms with Crippen molar-refractivity contribution in [2.75, 3.05) is 36.1 Å². The number of fused-ring (bicyclic) bond motifs is 1. The molecular formula is C16H14N8OS. The number of nitriles is 2. The quantitative estimate of drug-likeness (QED) is 0.629. The van der Waals surface area contributed by atoms with Crippen molar-refractivity contribution < 1.29 is 4.74 Å². The number of nitrogens with zero attached hydrogens (tertiary/aromatic N) is 6. The molecule has 2 aromatic heterocycles. The number of rotatable bonds is 6. The van der Waals surface area contributed by atoms with E-state index < -0.39 is 0 Å². The number of hydrogen-bond donors (Lipinski definition) is 2. The third kappa shape index (κ3) is 3.41. The molecule has 0 unspecified atom stereocenters. The van der Waals surface area contributed by atoms with Crippen molar-refractivity contribution in [2.24, 2.45) is 0 Å². The molecule has 26 heavy (non-hydrogen) atoms. The van der Waals surface area contributed by atoms with E-state index >= 15 is 0 Å². The summed E-state index contributed by atoms with van der Waals surface area (Å²) in [5, 5.41) is 21.5. The van der Waals surface area contributed by atoms with Gasteiger partial charge in [0, 0.05) is 0 Å². The summed E-state index contributed by atoms with van der Waals surface area (Å²) in [5.74, 6) is 1.44. The highest BCUT2D eigenvalue weighted by atomic mass is 32.1. The number of methoxy groups -OCH3 is 1. The second kappa shape index (κ2) is 7.51. The molecule has 10 heteroatoms. The van der Waals surface area contributed by atoms with Crippen LogP contribution >= 0.6 is 11.3 Å². The summed E-state index contributed by atoms with van der Waals surface area (Å²) in [4.78, 5) is 14.2. The Kier molecular flexibility index (Phi) is 4.97. The summed E-state index contributed by atoms with van der Waals surface area (Å²) in [6.45, 7) is -0.00963. The fraction of sp³-hybridized carbons (Fsp3) is 0.188. The molecular weight excluding hydrogens is 352 g/mol. The monoisotopic (exact) mass is 366 g/mol. The van der Waals surface area contributed by atoms with E-state index in [9.17, 15) is 0 Å². The standard InChI is InChI=1S/C16H14N8OS/c1-25-10-2-3-11-12(8-10)26-16(22-11)23-14-13(19)15(21-9-20-14)24(6-4-17)7-5-18/h2-3,8-9H,6-7,19H2,1H3,(H,20,21,22,23). The van der Waals surface area contributed by atoms with Crippen molar-refractivity contribution in [2.45, 2.75) is 0 Å². The predicted octanol–water partition coefficient (Wildman–Crippen LogP) is 2.27. The fourth-order valence-corrected chi connectivity index (χ4v) is 3.19. The van der Waals surface area contributed by atoms with E-state index in [0.717, 1.165) is 16.0 Å². The molecule has 0 atom stereocenters. The van der Waals surface area contributed by atoms with E-state index in [2.05, 4.69) is 20.3 Å². The average Bonchev–Trinajstić information content (AvgIpc) is 3.04. The Bertz CT molecular complexity index is 1000. The normalized spacial score (nSPS) is 10.1. The number of nitrogens with one attached hydrogen (secondary N) is 1. The maximum atomic E-state index is 8.92. The van der Waals surface area contributed by atoms with Gasteiger partial charge in [-0.25, -0.2) is 15.0 Å². The number of nitrogen functional groups attached to an aromatic ring is 1. The van der Waals surface area contributed by atoms with Gasteiger partial charge in [0.1, 0.15) is 30.9 Å². The lowest BCUT2D eigenvalue weighted by atomic mass is 10.3. The van der Waals surface area contributed by atoms with Crippen LogP contribution in [0.15, 0.2) is 24.5 Å². The number of hydrogen-bond acceptors (Lipinski definition) is 10. The van der Waals surface area contributed by atoms with Gasteiger partial charge in [-0.05, 0) is 18.2 Å². The molecule has 0 aliphatic carbocycles. The molecule has 9 nitrogen and oxygen atoms in total.